The van der Waals surface area contributed by atoms with Crippen LogP contribution in [0.15, 0.2) is 17.5 Å². The highest BCUT2D eigenvalue weighted by atomic mass is 32.1. The summed E-state index contributed by atoms with van der Waals surface area (Å²) in [6.07, 6.45) is 1.73. The number of amides is 1. The lowest BCUT2D eigenvalue weighted by Gasteiger charge is -2.25. The van der Waals surface area contributed by atoms with E-state index in [1.165, 1.54) is 0 Å². The van der Waals surface area contributed by atoms with E-state index in [1.807, 2.05) is 17.5 Å². The molecule has 21 heavy (non-hydrogen) atoms. The molecule has 1 aromatic heterocycles. The highest BCUT2D eigenvalue weighted by Crippen LogP contribution is 2.32. The molecule has 1 aliphatic rings. The van der Waals surface area contributed by atoms with Gasteiger partial charge in [-0.25, -0.2) is 0 Å². The summed E-state index contributed by atoms with van der Waals surface area (Å²) in [5, 5.41) is 11.0. The summed E-state index contributed by atoms with van der Waals surface area (Å²) < 4.78 is 5.08. The number of hydrogen-bond acceptors (Lipinski definition) is 4. The Hall–Kier alpha value is -1.40. The zero-order valence-corrected chi connectivity index (χ0v) is 13.0. The van der Waals surface area contributed by atoms with E-state index < -0.39 is 5.97 Å². The second kappa shape index (κ2) is 7.56. The predicted molar refractivity (Wildman–Crippen MR) is 80.1 cm³/mol. The molecule has 6 heteroatoms. The zero-order chi connectivity index (χ0) is 15.2. The van der Waals surface area contributed by atoms with Gasteiger partial charge in [0.25, 0.3) is 0 Å². The number of methoxy groups -OCH3 is 1. The fourth-order valence-electron chi connectivity index (χ4n) is 2.75. The van der Waals surface area contributed by atoms with E-state index in [9.17, 15) is 9.59 Å². The standard InChI is InChI=1S/C15H21NO4S/c1-20-7-6-16(10-13-3-2-8-21-13)14(17)11-4-5-12(9-11)15(18)19/h2-3,8,11-12H,4-7,9-10H2,1H3,(H,18,19)/t11-,12+/m1/s1. The van der Waals surface area contributed by atoms with Gasteiger partial charge in [-0.1, -0.05) is 6.07 Å². The zero-order valence-electron chi connectivity index (χ0n) is 12.2. The van der Waals surface area contributed by atoms with Crippen molar-refractivity contribution >= 4 is 23.2 Å². The Morgan fingerprint density at radius 2 is 2.19 bits per heavy atom. The number of hydrogen-bond donors (Lipinski definition) is 1. The molecule has 1 aliphatic carbocycles. The van der Waals surface area contributed by atoms with Crippen LogP contribution in [0.4, 0.5) is 0 Å². The van der Waals surface area contributed by atoms with Crippen LogP contribution in [-0.4, -0.2) is 42.1 Å². The first kappa shape index (κ1) is 16.0. The molecular formula is C15H21NO4S. The number of thiophene rings is 1. The Morgan fingerprint density at radius 1 is 1.43 bits per heavy atom. The molecule has 0 bridgehead atoms. The SMILES string of the molecule is COCCN(Cc1cccs1)C(=O)[C@@H]1CC[C@H](C(=O)O)C1. The number of carboxylic acid groups (broad SMARTS) is 1. The fraction of sp³-hybridized carbons (Fsp3) is 0.600. The summed E-state index contributed by atoms with van der Waals surface area (Å²) in [7, 11) is 1.61. The third-order valence-electron chi connectivity index (χ3n) is 3.93. The topological polar surface area (TPSA) is 66.8 Å². The van der Waals surface area contributed by atoms with Gasteiger partial charge in [0, 0.05) is 24.4 Å². The molecule has 0 spiro atoms. The molecule has 5 nitrogen and oxygen atoms in total. The van der Waals surface area contributed by atoms with E-state index >= 15 is 0 Å². The Morgan fingerprint density at radius 3 is 2.76 bits per heavy atom. The van der Waals surface area contributed by atoms with Crippen molar-refractivity contribution in [3.05, 3.63) is 22.4 Å². The molecule has 1 aromatic rings. The van der Waals surface area contributed by atoms with Crippen LogP contribution in [0.1, 0.15) is 24.1 Å². The van der Waals surface area contributed by atoms with Gasteiger partial charge in [-0.2, -0.15) is 0 Å². The summed E-state index contributed by atoms with van der Waals surface area (Å²) in [6.45, 7) is 1.61. The van der Waals surface area contributed by atoms with Gasteiger partial charge in [-0.05, 0) is 30.7 Å². The third kappa shape index (κ3) is 4.28. The van der Waals surface area contributed by atoms with Crippen molar-refractivity contribution in [2.75, 3.05) is 20.3 Å². The van der Waals surface area contributed by atoms with E-state index in [0.29, 0.717) is 39.0 Å². The first-order valence-electron chi connectivity index (χ1n) is 7.14. The smallest absolute Gasteiger partial charge is 0.306 e. The van der Waals surface area contributed by atoms with Crippen LogP contribution in [0, 0.1) is 11.8 Å². The monoisotopic (exact) mass is 311 g/mol. The minimum absolute atomic E-state index is 0.0594. The molecule has 1 amide bonds. The van der Waals surface area contributed by atoms with Crippen LogP contribution in [0.2, 0.25) is 0 Å². The molecule has 0 radical (unpaired) electrons. The maximum atomic E-state index is 12.6. The molecule has 1 saturated carbocycles. The summed E-state index contributed by atoms with van der Waals surface area (Å²) in [4.78, 5) is 26.6. The van der Waals surface area contributed by atoms with Gasteiger partial charge in [0.1, 0.15) is 0 Å². The number of ether oxygens (including phenoxy) is 1. The number of nitrogens with zero attached hydrogens (tertiary/aromatic N) is 1. The summed E-state index contributed by atoms with van der Waals surface area (Å²) >= 11 is 1.62. The van der Waals surface area contributed by atoms with Crippen LogP contribution < -0.4 is 0 Å². The van der Waals surface area contributed by atoms with Gasteiger partial charge in [0.15, 0.2) is 0 Å². The maximum Gasteiger partial charge on any atom is 0.306 e. The molecule has 2 rings (SSSR count). The summed E-state index contributed by atoms with van der Waals surface area (Å²) in [6, 6.07) is 3.97. The molecule has 1 heterocycles. The first-order valence-corrected chi connectivity index (χ1v) is 8.02. The number of carbonyl (C=O) groups is 2. The Labute approximate surface area is 128 Å². The number of rotatable bonds is 7. The molecule has 1 fully saturated rings. The first-order chi connectivity index (χ1) is 10.1. The van der Waals surface area contributed by atoms with Crippen molar-refractivity contribution in [3.63, 3.8) is 0 Å². The number of carboxylic acids is 1. The largest absolute Gasteiger partial charge is 0.481 e. The quantitative estimate of drug-likeness (QED) is 0.838. The van der Waals surface area contributed by atoms with Crippen LogP contribution in [-0.2, 0) is 20.9 Å². The second-order valence-electron chi connectivity index (χ2n) is 5.38. The van der Waals surface area contributed by atoms with E-state index in [4.69, 9.17) is 9.84 Å². The minimum atomic E-state index is -0.785. The van der Waals surface area contributed by atoms with E-state index in [0.717, 1.165) is 4.88 Å². The predicted octanol–water partition coefficient (Wildman–Crippen LogP) is 2.22. The molecule has 0 unspecified atom stereocenters. The molecule has 116 valence electrons. The van der Waals surface area contributed by atoms with Gasteiger partial charge in [-0.15, -0.1) is 11.3 Å². The highest BCUT2D eigenvalue weighted by Gasteiger charge is 2.35. The maximum absolute atomic E-state index is 12.6. The van der Waals surface area contributed by atoms with Gasteiger partial charge in [-0.3, -0.25) is 9.59 Å². The molecule has 0 aliphatic heterocycles. The van der Waals surface area contributed by atoms with Gasteiger partial charge < -0.3 is 14.7 Å². The van der Waals surface area contributed by atoms with Crippen LogP contribution in [0.5, 0.6) is 0 Å². The van der Waals surface area contributed by atoms with Crippen molar-refractivity contribution in [2.24, 2.45) is 11.8 Å². The average molecular weight is 311 g/mol. The van der Waals surface area contributed by atoms with Crippen molar-refractivity contribution in [2.45, 2.75) is 25.8 Å². The van der Waals surface area contributed by atoms with E-state index in [2.05, 4.69) is 0 Å². The number of carbonyl (C=O) groups excluding carboxylic acids is 1. The van der Waals surface area contributed by atoms with Crippen molar-refractivity contribution in [1.29, 1.82) is 0 Å². The molecular weight excluding hydrogens is 290 g/mol. The molecule has 2 atom stereocenters. The molecule has 0 saturated heterocycles. The van der Waals surface area contributed by atoms with Gasteiger partial charge >= 0.3 is 5.97 Å². The van der Waals surface area contributed by atoms with Crippen molar-refractivity contribution in [1.82, 2.24) is 4.90 Å². The average Bonchev–Trinajstić information content (AvgIpc) is 3.13. The lowest BCUT2D eigenvalue weighted by Crippen LogP contribution is -2.37. The molecule has 0 aromatic carbocycles. The lowest BCUT2D eigenvalue weighted by atomic mass is 10.0. The Balaban J connectivity index is 1.98. The van der Waals surface area contributed by atoms with Crippen LogP contribution in [0.3, 0.4) is 0 Å². The fourth-order valence-corrected chi connectivity index (χ4v) is 3.47. The van der Waals surface area contributed by atoms with E-state index in [-0.39, 0.29) is 17.7 Å². The minimum Gasteiger partial charge on any atom is -0.481 e. The van der Waals surface area contributed by atoms with Gasteiger partial charge in [0.05, 0.1) is 19.1 Å². The Kier molecular flexibility index (Phi) is 5.76. The number of aliphatic carboxylic acids is 1. The second-order valence-corrected chi connectivity index (χ2v) is 6.41. The normalized spacial score (nSPS) is 21.4. The Bertz CT molecular complexity index is 474. The third-order valence-corrected chi connectivity index (χ3v) is 4.80. The van der Waals surface area contributed by atoms with Gasteiger partial charge in [0.2, 0.25) is 5.91 Å². The molecule has 1 N–H and O–H groups in total. The highest BCUT2D eigenvalue weighted by molar-refractivity contribution is 7.09. The van der Waals surface area contributed by atoms with Crippen LogP contribution in [0.25, 0.3) is 0 Å². The lowest BCUT2D eigenvalue weighted by molar-refractivity contribution is -0.141. The van der Waals surface area contributed by atoms with Crippen LogP contribution >= 0.6 is 11.3 Å². The van der Waals surface area contributed by atoms with Crippen molar-refractivity contribution < 1.29 is 19.4 Å². The summed E-state index contributed by atoms with van der Waals surface area (Å²) in [5.41, 5.74) is 0. The van der Waals surface area contributed by atoms with E-state index in [1.54, 1.807) is 23.3 Å². The summed E-state index contributed by atoms with van der Waals surface area (Å²) in [5.74, 6) is -1.26. The van der Waals surface area contributed by atoms with Crippen molar-refractivity contribution in [3.8, 4) is 0 Å².